The highest BCUT2D eigenvalue weighted by Gasteiger charge is 2.21. The maximum absolute atomic E-state index is 12.4. The molecule has 3 unspecified atom stereocenters. The fourth-order valence-electron chi connectivity index (χ4n) is 6.16. The van der Waals surface area contributed by atoms with Gasteiger partial charge in [0.05, 0.1) is 31.3 Å². The lowest BCUT2D eigenvalue weighted by atomic mass is 10.0. The molecular formula is C41H79NO4. The zero-order chi connectivity index (χ0) is 33.8. The molecule has 0 aliphatic rings. The number of hydrogen-bond donors (Lipinski definition) is 4. The molecule has 0 aliphatic heterocycles. The van der Waals surface area contributed by atoms with Crippen molar-refractivity contribution in [3.8, 4) is 0 Å². The monoisotopic (exact) mass is 650 g/mol. The van der Waals surface area contributed by atoms with E-state index in [1.165, 1.54) is 148 Å². The normalized spacial score (nSPS) is 13.9. The Kier molecular flexibility index (Phi) is 35.7. The zero-order valence-corrected chi connectivity index (χ0v) is 30.7. The summed E-state index contributed by atoms with van der Waals surface area (Å²) in [5.41, 5.74) is 0. The molecule has 0 aromatic carbocycles. The van der Waals surface area contributed by atoms with Crippen molar-refractivity contribution in [3.05, 3.63) is 24.3 Å². The first-order chi connectivity index (χ1) is 22.5. The van der Waals surface area contributed by atoms with Crippen LogP contribution in [0.15, 0.2) is 24.3 Å². The van der Waals surface area contributed by atoms with Crippen molar-refractivity contribution in [3.63, 3.8) is 0 Å². The van der Waals surface area contributed by atoms with Gasteiger partial charge < -0.3 is 20.6 Å². The van der Waals surface area contributed by atoms with Gasteiger partial charge in [-0.3, -0.25) is 4.79 Å². The van der Waals surface area contributed by atoms with Crippen molar-refractivity contribution in [2.24, 2.45) is 0 Å². The third kappa shape index (κ3) is 32.8. The highest BCUT2D eigenvalue weighted by Crippen LogP contribution is 2.16. The Balaban J connectivity index is 3.66. The van der Waals surface area contributed by atoms with Gasteiger partial charge in [-0.1, -0.05) is 186 Å². The fraction of sp³-hybridized carbons (Fsp3) is 0.878. The maximum Gasteiger partial charge on any atom is 0.222 e. The van der Waals surface area contributed by atoms with E-state index in [-0.39, 0.29) is 18.9 Å². The lowest BCUT2D eigenvalue weighted by molar-refractivity contribution is -0.125. The summed E-state index contributed by atoms with van der Waals surface area (Å²) < 4.78 is 0. The Morgan fingerprint density at radius 1 is 0.543 bits per heavy atom. The van der Waals surface area contributed by atoms with Crippen molar-refractivity contribution >= 4 is 5.91 Å². The molecule has 5 heteroatoms. The van der Waals surface area contributed by atoms with Gasteiger partial charge in [0.15, 0.2) is 0 Å². The second-order valence-electron chi connectivity index (χ2n) is 13.9. The van der Waals surface area contributed by atoms with Crippen LogP contribution in [0.1, 0.15) is 206 Å². The third-order valence-electron chi connectivity index (χ3n) is 9.30. The Morgan fingerprint density at radius 3 is 1.37 bits per heavy atom. The number of hydrogen-bond acceptors (Lipinski definition) is 4. The average molecular weight is 650 g/mol. The van der Waals surface area contributed by atoms with Gasteiger partial charge in [0.2, 0.25) is 5.91 Å². The number of nitrogens with one attached hydrogen (secondary N) is 1. The lowest BCUT2D eigenvalue weighted by Gasteiger charge is -2.23. The number of aliphatic hydroxyl groups excluding tert-OH is 3. The van der Waals surface area contributed by atoms with E-state index in [4.69, 9.17) is 0 Å². The SMILES string of the molecule is CCCCC/C=C\C=C/CCCCCCCCCCC(O)CC(=O)NC(CO)C(O)CCCCCCCCCCCCCCCC. The predicted molar refractivity (Wildman–Crippen MR) is 199 cm³/mol. The van der Waals surface area contributed by atoms with Gasteiger partial charge in [0.25, 0.3) is 0 Å². The first-order valence-electron chi connectivity index (χ1n) is 20.1. The quantitative estimate of drug-likeness (QED) is 0.0401. The molecule has 0 spiro atoms. The molecule has 5 nitrogen and oxygen atoms in total. The summed E-state index contributed by atoms with van der Waals surface area (Å²) >= 11 is 0. The summed E-state index contributed by atoms with van der Waals surface area (Å²) in [6.07, 6.45) is 42.7. The number of carbonyl (C=O) groups excluding carboxylic acids is 1. The van der Waals surface area contributed by atoms with Crippen LogP contribution >= 0.6 is 0 Å². The Labute approximate surface area is 286 Å². The highest BCUT2D eigenvalue weighted by molar-refractivity contribution is 5.76. The largest absolute Gasteiger partial charge is 0.394 e. The minimum Gasteiger partial charge on any atom is -0.394 e. The number of amides is 1. The van der Waals surface area contributed by atoms with Crippen molar-refractivity contribution in [2.75, 3.05) is 6.61 Å². The van der Waals surface area contributed by atoms with Gasteiger partial charge in [-0.2, -0.15) is 0 Å². The molecule has 0 bridgehead atoms. The lowest BCUT2D eigenvalue weighted by Crippen LogP contribution is -2.46. The molecule has 3 atom stereocenters. The van der Waals surface area contributed by atoms with Crippen LogP contribution in [0.25, 0.3) is 0 Å². The van der Waals surface area contributed by atoms with Gasteiger partial charge in [-0.05, 0) is 38.5 Å². The topological polar surface area (TPSA) is 89.8 Å². The smallest absolute Gasteiger partial charge is 0.222 e. The van der Waals surface area contributed by atoms with Crippen LogP contribution in [0.3, 0.4) is 0 Å². The van der Waals surface area contributed by atoms with Gasteiger partial charge in [0, 0.05) is 0 Å². The molecule has 0 rings (SSSR count). The van der Waals surface area contributed by atoms with Gasteiger partial charge in [0.1, 0.15) is 0 Å². The summed E-state index contributed by atoms with van der Waals surface area (Å²) in [6.45, 7) is 4.23. The summed E-state index contributed by atoms with van der Waals surface area (Å²) in [6, 6.07) is -0.658. The van der Waals surface area contributed by atoms with Crippen LogP contribution < -0.4 is 5.32 Å². The molecule has 0 aliphatic carbocycles. The first-order valence-corrected chi connectivity index (χ1v) is 20.1. The minimum atomic E-state index is -0.748. The molecule has 0 heterocycles. The van der Waals surface area contributed by atoms with E-state index in [9.17, 15) is 20.1 Å². The van der Waals surface area contributed by atoms with Crippen LogP contribution in [0.5, 0.6) is 0 Å². The van der Waals surface area contributed by atoms with Crippen molar-refractivity contribution in [1.82, 2.24) is 5.32 Å². The molecule has 0 radical (unpaired) electrons. The van der Waals surface area contributed by atoms with Crippen molar-refractivity contribution < 1.29 is 20.1 Å². The Morgan fingerprint density at radius 2 is 0.913 bits per heavy atom. The zero-order valence-electron chi connectivity index (χ0n) is 30.7. The molecule has 272 valence electrons. The third-order valence-corrected chi connectivity index (χ3v) is 9.30. The van der Waals surface area contributed by atoms with Crippen LogP contribution in [-0.2, 0) is 4.79 Å². The average Bonchev–Trinajstić information content (AvgIpc) is 3.05. The molecule has 0 aromatic rings. The number of unbranched alkanes of at least 4 members (excludes halogenated alkanes) is 24. The molecule has 0 saturated carbocycles. The summed E-state index contributed by atoms with van der Waals surface area (Å²) in [7, 11) is 0. The van der Waals surface area contributed by atoms with E-state index in [0.29, 0.717) is 12.8 Å². The molecule has 0 aromatic heterocycles. The molecule has 1 amide bonds. The number of allylic oxidation sites excluding steroid dienone is 4. The van der Waals surface area contributed by atoms with E-state index in [0.717, 1.165) is 25.7 Å². The summed E-state index contributed by atoms with van der Waals surface area (Å²) in [5, 5.41) is 33.3. The van der Waals surface area contributed by atoms with Crippen LogP contribution in [0, 0.1) is 0 Å². The predicted octanol–water partition coefficient (Wildman–Crippen LogP) is 11.0. The van der Waals surface area contributed by atoms with Gasteiger partial charge in [-0.25, -0.2) is 0 Å². The van der Waals surface area contributed by atoms with E-state index in [1.54, 1.807) is 0 Å². The Bertz CT molecular complexity index is 679. The second kappa shape index (κ2) is 36.7. The number of aliphatic hydroxyl groups is 3. The van der Waals surface area contributed by atoms with Crippen molar-refractivity contribution in [1.29, 1.82) is 0 Å². The molecule has 0 fully saturated rings. The highest BCUT2D eigenvalue weighted by atomic mass is 16.3. The standard InChI is InChI=1S/C41H79NO4/c1-3-5-7-9-11-13-15-17-19-20-21-22-24-26-28-30-32-34-38(44)36-41(46)42-39(37-43)40(45)35-33-31-29-27-25-23-18-16-14-12-10-8-6-4-2/h11,13,15,17,38-40,43-45H,3-10,12,14,16,18-37H2,1-2H3,(H,42,46)/b13-11-,17-15-. The Hall–Kier alpha value is -1.17. The van der Waals surface area contributed by atoms with Crippen LogP contribution in [0.2, 0.25) is 0 Å². The molecular weight excluding hydrogens is 570 g/mol. The molecule has 4 N–H and O–H groups in total. The van der Waals surface area contributed by atoms with E-state index >= 15 is 0 Å². The fourth-order valence-corrected chi connectivity index (χ4v) is 6.16. The van der Waals surface area contributed by atoms with Crippen molar-refractivity contribution in [2.45, 2.75) is 225 Å². The maximum atomic E-state index is 12.4. The van der Waals surface area contributed by atoms with Gasteiger partial charge in [-0.15, -0.1) is 0 Å². The van der Waals surface area contributed by atoms with E-state index in [2.05, 4.69) is 43.5 Å². The number of rotatable bonds is 36. The minimum absolute atomic E-state index is 0.0329. The van der Waals surface area contributed by atoms with Gasteiger partial charge >= 0.3 is 0 Å². The summed E-state index contributed by atoms with van der Waals surface area (Å²) in [4.78, 5) is 12.4. The summed E-state index contributed by atoms with van der Waals surface area (Å²) in [5.74, 6) is -0.288. The molecule has 46 heavy (non-hydrogen) atoms. The van der Waals surface area contributed by atoms with Crippen LogP contribution in [-0.4, -0.2) is 46.1 Å². The van der Waals surface area contributed by atoms with Crippen LogP contribution in [0.4, 0.5) is 0 Å². The first kappa shape index (κ1) is 44.8. The number of carbonyl (C=O) groups is 1. The molecule has 0 saturated heterocycles. The van der Waals surface area contributed by atoms with E-state index in [1.807, 2.05) is 0 Å². The van der Waals surface area contributed by atoms with E-state index < -0.39 is 18.2 Å². The second-order valence-corrected chi connectivity index (χ2v) is 13.9.